The fraction of sp³-hybridized carbons (Fsp3) is 0.643. The molecule has 0 radical (unpaired) electrons. The molecule has 1 heterocycles. The first-order valence-electron chi connectivity index (χ1n) is 6.39. The summed E-state index contributed by atoms with van der Waals surface area (Å²) >= 11 is 0. The summed E-state index contributed by atoms with van der Waals surface area (Å²) in [6, 6.07) is 4.05. The zero-order valence-electron chi connectivity index (χ0n) is 11.0. The molecule has 0 amide bonds. The van der Waals surface area contributed by atoms with Crippen LogP contribution in [0.2, 0.25) is 0 Å². The van der Waals surface area contributed by atoms with E-state index in [9.17, 15) is 0 Å². The Kier molecular flexibility index (Phi) is 3.67. The van der Waals surface area contributed by atoms with Crippen LogP contribution < -0.4 is 10.1 Å². The highest BCUT2D eigenvalue weighted by Gasteiger charge is 2.19. The average molecular weight is 234 g/mol. The molecule has 3 heteroatoms. The number of aromatic nitrogens is 1. The quantitative estimate of drug-likeness (QED) is 0.869. The summed E-state index contributed by atoms with van der Waals surface area (Å²) in [4.78, 5) is 4.34. The predicted molar refractivity (Wildman–Crippen MR) is 69.1 cm³/mol. The molecule has 17 heavy (non-hydrogen) atoms. The van der Waals surface area contributed by atoms with Gasteiger partial charge in [0.2, 0.25) is 5.88 Å². The van der Waals surface area contributed by atoms with Crippen LogP contribution in [-0.4, -0.2) is 16.6 Å². The minimum atomic E-state index is 0.140. The van der Waals surface area contributed by atoms with Crippen molar-refractivity contribution < 1.29 is 4.74 Å². The second-order valence-electron chi connectivity index (χ2n) is 5.78. The molecule has 0 unspecified atom stereocenters. The van der Waals surface area contributed by atoms with Crippen molar-refractivity contribution in [3.05, 3.63) is 23.9 Å². The third-order valence-electron chi connectivity index (χ3n) is 2.96. The van der Waals surface area contributed by atoms with E-state index >= 15 is 0 Å². The van der Waals surface area contributed by atoms with Gasteiger partial charge in [0, 0.05) is 24.3 Å². The molecule has 0 spiro atoms. The number of nitrogens with zero attached hydrogens (tertiary/aromatic N) is 1. The number of nitrogens with one attached hydrogen (secondary N) is 1. The van der Waals surface area contributed by atoms with Crippen molar-refractivity contribution in [2.75, 3.05) is 0 Å². The third kappa shape index (κ3) is 4.00. The highest BCUT2D eigenvalue weighted by molar-refractivity contribution is 5.18. The van der Waals surface area contributed by atoms with E-state index in [-0.39, 0.29) is 5.54 Å². The molecule has 94 valence electrons. The lowest BCUT2D eigenvalue weighted by Gasteiger charge is -2.25. The van der Waals surface area contributed by atoms with Crippen molar-refractivity contribution in [1.82, 2.24) is 10.3 Å². The Morgan fingerprint density at radius 1 is 1.35 bits per heavy atom. The van der Waals surface area contributed by atoms with Crippen LogP contribution in [-0.2, 0) is 6.54 Å². The maximum Gasteiger partial charge on any atom is 0.213 e. The van der Waals surface area contributed by atoms with Gasteiger partial charge in [-0.1, -0.05) is 6.07 Å². The maximum absolute atomic E-state index is 5.72. The molecule has 1 aliphatic carbocycles. The van der Waals surface area contributed by atoms with Gasteiger partial charge in [0.15, 0.2) is 0 Å². The average Bonchev–Trinajstić information content (AvgIpc) is 2.21. The van der Waals surface area contributed by atoms with Crippen LogP contribution in [0.4, 0.5) is 0 Å². The van der Waals surface area contributed by atoms with E-state index in [0.29, 0.717) is 6.10 Å². The van der Waals surface area contributed by atoms with Crippen LogP contribution in [0.3, 0.4) is 0 Å². The Balaban J connectivity index is 1.84. The van der Waals surface area contributed by atoms with Crippen LogP contribution in [0.15, 0.2) is 18.3 Å². The second-order valence-corrected chi connectivity index (χ2v) is 5.78. The van der Waals surface area contributed by atoms with E-state index in [4.69, 9.17) is 4.74 Å². The number of ether oxygens (including phenoxy) is 1. The van der Waals surface area contributed by atoms with Crippen molar-refractivity contribution in [2.45, 2.75) is 58.2 Å². The number of pyridine rings is 1. The van der Waals surface area contributed by atoms with Crippen molar-refractivity contribution in [1.29, 1.82) is 0 Å². The molecule has 2 rings (SSSR count). The summed E-state index contributed by atoms with van der Waals surface area (Å²) < 4.78 is 5.72. The van der Waals surface area contributed by atoms with E-state index < -0.39 is 0 Å². The monoisotopic (exact) mass is 234 g/mol. The number of hydrogen-bond donors (Lipinski definition) is 1. The maximum atomic E-state index is 5.72. The smallest absolute Gasteiger partial charge is 0.213 e. The van der Waals surface area contributed by atoms with Gasteiger partial charge in [-0.05, 0) is 45.6 Å². The van der Waals surface area contributed by atoms with Crippen LogP contribution >= 0.6 is 0 Å². The Morgan fingerprint density at radius 3 is 2.59 bits per heavy atom. The van der Waals surface area contributed by atoms with E-state index in [0.717, 1.165) is 12.4 Å². The van der Waals surface area contributed by atoms with Crippen LogP contribution in [0.5, 0.6) is 5.88 Å². The van der Waals surface area contributed by atoms with Gasteiger partial charge in [0.1, 0.15) is 6.10 Å². The first-order valence-corrected chi connectivity index (χ1v) is 6.39. The molecule has 1 aliphatic rings. The molecule has 1 N–H and O–H groups in total. The number of rotatable bonds is 4. The third-order valence-corrected chi connectivity index (χ3v) is 2.96. The lowest BCUT2D eigenvalue weighted by Crippen LogP contribution is -2.35. The van der Waals surface area contributed by atoms with Gasteiger partial charge in [-0.25, -0.2) is 4.98 Å². The Hall–Kier alpha value is -1.09. The van der Waals surface area contributed by atoms with E-state index in [1.165, 1.54) is 24.8 Å². The van der Waals surface area contributed by atoms with Crippen molar-refractivity contribution in [2.24, 2.45) is 0 Å². The Labute approximate surface area is 104 Å². The van der Waals surface area contributed by atoms with Crippen molar-refractivity contribution >= 4 is 0 Å². The first-order chi connectivity index (χ1) is 8.03. The van der Waals surface area contributed by atoms with E-state index in [1.54, 1.807) is 0 Å². The van der Waals surface area contributed by atoms with E-state index in [1.807, 2.05) is 12.3 Å². The summed E-state index contributed by atoms with van der Waals surface area (Å²) in [5.41, 5.74) is 1.34. The number of hydrogen-bond acceptors (Lipinski definition) is 3. The topological polar surface area (TPSA) is 34.1 Å². The van der Waals surface area contributed by atoms with Crippen molar-refractivity contribution in [3.8, 4) is 5.88 Å². The summed E-state index contributed by atoms with van der Waals surface area (Å²) in [7, 11) is 0. The summed E-state index contributed by atoms with van der Waals surface area (Å²) in [5.74, 6) is 0.759. The van der Waals surface area contributed by atoms with Gasteiger partial charge in [-0.2, -0.15) is 0 Å². The molecule has 1 aromatic rings. The zero-order chi connectivity index (χ0) is 12.3. The second kappa shape index (κ2) is 5.05. The standard InChI is InChI=1S/C14H22N2O/c1-14(2,3)16-10-11-7-8-13(15-9-11)17-12-5-4-6-12/h7-9,12,16H,4-6,10H2,1-3H3. The molecule has 1 fully saturated rings. The zero-order valence-corrected chi connectivity index (χ0v) is 11.0. The highest BCUT2D eigenvalue weighted by Crippen LogP contribution is 2.23. The lowest BCUT2D eigenvalue weighted by molar-refractivity contribution is 0.114. The van der Waals surface area contributed by atoms with Gasteiger partial charge >= 0.3 is 0 Å². The molecule has 3 nitrogen and oxygen atoms in total. The molecule has 1 aromatic heterocycles. The highest BCUT2D eigenvalue weighted by atomic mass is 16.5. The first kappa shape index (κ1) is 12.4. The molecular formula is C14H22N2O. The molecule has 0 bridgehead atoms. The normalized spacial score (nSPS) is 16.6. The van der Waals surface area contributed by atoms with Crippen LogP contribution in [0.25, 0.3) is 0 Å². The SMILES string of the molecule is CC(C)(C)NCc1ccc(OC2CCC2)nc1. The van der Waals surface area contributed by atoms with Gasteiger partial charge in [0.25, 0.3) is 0 Å². The van der Waals surface area contributed by atoms with Crippen molar-refractivity contribution in [3.63, 3.8) is 0 Å². The fourth-order valence-corrected chi connectivity index (χ4v) is 1.61. The molecule has 0 atom stereocenters. The Morgan fingerprint density at radius 2 is 2.12 bits per heavy atom. The van der Waals surface area contributed by atoms with Crippen LogP contribution in [0.1, 0.15) is 45.6 Å². The molecule has 0 saturated heterocycles. The summed E-state index contributed by atoms with van der Waals surface area (Å²) in [6.45, 7) is 7.33. The summed E-state index contributed by atoms with van der Waals surface area (Å²) in [5, 5.41) is 3.44. The predicted octanol–water partition coefficient (Wildman–Crippen LogP) is 2.90. The van der Waals surface area contributed by atoms with Crippen LogP contribution in [0, 0.1) is 0 Å². The van der Waals surface area contributed by atoms with Gasteiger partial charge < -0.3 is 10.1 Å². The van der Waals surface area contributed by atoms with Gasteiger partial charge in [-0.3, -0.25) is 0 Å². The molecule has 0 aromatic carbocycles. The molecule has 1 saturated carbocycles. The van der Waals surface area contributed by atoms with E-state index in [2.05, 4.69) is 37.1 Å². The summed E-state index contributed by atoms with van der Waals surface area (Å²) in [6.07, 6.45) is 5.94. The molecule has 0 aliphatic heterocycles. The largest absolute Gasteiger partial charge is 0.474 e. The minimum absolute atomic E-state index is 0.140. The fourth-order valence-electron chi connectivity index (χ4n) is 1.61. The van der Waals surface area contributed by atoms with Gasteiger partial charge in [0.05, 0.1) is 0 Å². The lowest BCUT2D eigenvalue weighted by atomic mass is 9.96. The van der Waals surface area contributed by atoms with Gasteiger partial charge in [-0.15, -0.1) is 0 Å². The minimum Gasteiger partial charge on any atom is -0.474 e. The Bertz CT molecular complexity index is 349. The molecular weight excluding hydrogens is 212 g/mol.